The van der Waals surface area contributed by atoms with Crippen molar-refractivity contribution in [1.82, 2.24) is 9.97 Å². The number of rotatable bonds is 4. The predicted octanol–water partition coefficient (Wildman–Crippen LogP) is 4.51. The molecule has 0 amide bonds. The maximum absolute atomic E-state index is 11.6. The summed E-state index contributed by atoms with van der Waals surface area (Å²) in [6.45, 7) is 0. The summed E-state index contributed by atoms with van der Waals surface area (Å²) in [7, 11) is 0. The summed E-state index contributed by atoms with van der Waals surface area (Å²) in [5.74, 6) is -1.81. The van der Waals surface area contributed by atoms with Gasteiger partial charge in [0, 0.05) is 27.7 Å². The summed E-state index contributed by atoms with van der Waals surface area (Å²) in [6, 6.07) is 11.4. The van der Waals surface area contributed by atoms with Crippen LogP contribution in [0.2, 0.25) is 5.02 Å². The van der Waals surface area contributed by atoms with Gasteiger partial charge in [0.05, 0.1) is 22.2 Å². The quantitative estimate of drug-likeness (QED) is 0.413. The zero-order valence-electron chi connectivity index (χ0n) is 13.7. The van der Waals surface area contributed by atoms with Gasteiger partial charge in [0.2, 0.25) is 0 Å². The summed E-state index contributed by atoms with van der Waals surface area (Å²) in [5, 5.41) is 23.4. The van der Waals surface area contributed by atoms with Crippen molar-refractivity contribution in [3.63, 3.8) is 0 Å². The van der Waals surface area contributed by atoms with E-state index in [1.807, 2.05) is 0 Å². The van der Waals surface area contributed by atoms with Gasteiger partial charge in [-0.05, 0) is 30.3 Å². The lowest BCUT2D eigenvalue weighted by Gasteiger charge is -2.10. The first kappa shape index (κ1) is 16.9. The van der Waals surface area contributed by atoms with Crippen molar-refractivity contribution in [2.24, 2.45) is 0 Å². The molecule has 0 aliphatic rings. The third kappa shape index (κ3) is 2.94. The lowest BCUT2D eigenvalue weighted by molar-refractivity contribution is 0.0687. The average Bonchev–Trinajstić information content (AvgIpc) is 3.07. The highest BCUT2D eigenvalue weighted by Gasteiger charge is 2.19. The number of anilines is 2. The van der Waals surface area contributed by atoms with Gasteiger partial charge in [0.15, 0.2) is 5.82 Å². The molecular weight excluding hydrogens is 370 g/mol. The summed E-state index contributed by atoms with van der Waals surface area (Å²) in [6.07, 6.45) is 1.39. The molecule has 0 aliphatic carbocycles. The predicted molar refractivity (Wildman–Crippen MR) is 102 cm³/mol. The van der Waals surface area contributed by atoms with E-state index < -0.39 is 11.9 Å². The number of fused-ring (bicyclic) bond motifs is 3. The second-order valence-corrected chi connectivity index (χ2v) is 6.33. The zero-order chi connectivity index (χ0) is 19.1. The van der Waals surface area contributed by atoms with Crippen molar-refractivity contribution in [3.8, 4) is 0 Å². The van der Waals surface area contributed by atoms with Gasteiger partial charge in [-0.2, -0.15) is 0 Å². The standard InChI is InChI=1S/C19H12ClN3O4/c20-10-2-1-3-11(7-10)22-17-16-15(13(8-21-16)19(26)27)12-5-4-9(18(24)25)6-14(12)23-17/h1-8,21H,(H,22,23)(H,24,25)(H,26,27). The maximum Gasteiger partial charge on any atom is 0.337 e. The van der Waals surface area contributed by atoms with E-state index >= 15 is 0 Å². The minimum Gasteiger partial charge on any atom is -0.478 e. The molecule has 4 rings (SSSR count). The van der Waals surface area contributed by atoms with Crippen LogP contribution in [0.3, 0.4) is 0 Å². The number of hydrogen-bond acceptors (Lipinski definition) is 4. The van der Waals surface area contributed by atoms with Crippen LogP contribution in [-0.4, -0.2) is 32.1 Å². The number of carboxylic acids is 2. The fraction of sp³-hybridized carbons (Fsp3) is 0. The Kier molecular flexibility index (Phi) is 3.93. The zero-order valence-corrected chi connectivity index (χ0v) is 14.4. The molecule has 4 aromatic rings. The molecular formula is C19H12ClN3O4. The van der Waals surface area contributed by atoms with Crippen LogP contribution in [0.4, 0.5) is 11.5 Å². The molecule has 2 heterocycles. The molecule has 0 atom stereocenters. The van der Waals surface area contributed by atoms with Crippen LogP contribution in [0.15, 0.2) is 48.7 Å². The Labute approximate surface area is 157 Å². The number of aromatic nitrogens is 2. The van der Waals surface area contributed by atoms with Crippen LogP contribution in [0.1, 0.15) is 20.7 Å². The maximum atomic E-state index is 11.6. The van der Waals surface area contributed by atoms with Gasteiger partial charge in [-0.25, -0.2) is 14.6 Å². The highest BCUT2D eigenvalue weighted by Crippen LogP contribution is 2.33. The van der Waals surface area contributed by atoms with Gasteiger partial charge in [0.25, 0.3) is 0 Å². The van der Waals surface area contributed by atoms with E-state index in [0.717, 1.165) is 0 Å². The molecule has 0 spiro atoms. The van der Waals surface area contributed by atoms with Gasteiger partial charge in [-0.1, -0.05) is 23.7 Å². The third-order valence-corrected chi connectivity index (χ3v) is 4.42. The molecule has 7 nitrogen and oxygen atoms in total. The number of H-pyrrole nitrogens is 1. The molecule has 27 heavy (non-hydrogen) atoms. The minimum absolute atomic E-state index is 0.0652. The lowest BCUT2D eigenvalue weighted by Crippen LogP contribution is -2.00. The van der Waals surface area contributed by atoms with Crippen LogP contribution in [0.25, 0.3) is 21.8 Å². The monoisotopic (exact) mass is 381 g/mol. The Balaban J connectivity index is 2.01. The van der Waals surface area contributed by atoms with Crippen LogP contribution in [0.5, 0.6) is 0 Å². The normalized spacial score (nSPS) is 11.0. The first-order chi connectivity index (χ1) is 12.9. The fourth-order valence-corrected chi connectivity index (χ4v) is 3.19. The minimum atomic E-state index is -1.09. The van der Waals surface area contributed by atoms with E-state index in [1.165, 1.54) is 18.3 Å². The molecule has 0 unspecified atom stereocenters. The SMILES string of the molecule is O=C(O)c1ccc2c(c1)nc(Nc1cccc(Cl)c1)c1[nH]cc(C(=O)O)c12. The summed E-state index contributed by atoms with van der Waals surface area (Å²) >= 11 is 6.01. The number of hydrogen-bond donors (Lipinski definition) is 4. The van der Waals surface area contributed by atoms with E-state index in [4.69, 9.17) is 11.6 Å². The first-order valence-corrected chi connectivity index (χ1v) is 8.26. The van der Waals surface area contributed by atoms with Gasteiger partial charge in [-0.15, -0.1) is 0 Å². The Morgan fingerprint density at radius 1 is 1.07 bits per heavy atom. The summed E-state index contributed by atoms with van der Waals surface area (Å²) in [5.41, 5.74) is 1.68. The van der Waals surface area contributed by atoms with E-state index in [1.54, 1.807) is 30.3 Å². The molecule has 4 N–H and O–H groups in total. The number of pyridine rings is 1. The number of aromatic carboxylic acids is 2. The molecule has 0 saturated heterocycles. The fourth-order valence-electron chi connectivity index (χ4n) is 3.00. The van der Waals surface area contributed by atoms with Gasteiger partial charge in [-0.3, -0.25) is 0 Å². The molecule has 0 aliphatic heterocycles. The van der Waals surface area contributed by atoms with Gasteiger partial charge >= 0.3 is 11.9 Å². The van der Waals surface area contributed by atoms with Crippen LogP contribution >= 0.6 is 11.6 Å². The van der Waals surface area contributed by atoms with Crippen molar-refractivity contribution in [2.75, 3.05) is 5.32 Å². The van der Waals surface area contributed by atoms with E-state index in [0.29, 0.717) is 38.3 Å². The average molecular weight is 382 g/mol. The number of halogens is 1. The molecule has 0 radical (unpaired) electrons. The molecule has 0 fully saturated rings. The second kappa shape index (κ2) is 6.30. The third-order valence-electron chi connectivity index (χ3n) is 4.18. The number of aromatic amines is 1. The van der Waals surface area contributed by atoms with Crippen LogP contribution < -0.4 is 5.32 Å². The Hall–Kier alpha value is -3.58. The van der Waals surface area contributed by atoms with Crippen molar-refractivity contribution in [1.29, 1.82) is 0 Å². The summed E-state index contributed by atoms with van der Waals surface area (Å²) in [4.78, 5) is 30.4. The second-order valence-electron chi connectivity index (χ2n) is 5.89. The smallest absolute Gasteiger partial charge is 0.337 e. The van der Waals surface area contributed by atoms with Crippen molar-refractivity contribution in [3.05, 3.63) is 64.8 Å². The highest BCUT2D eigenvalue weighted by molar-refractivity contribution is 6.30. The van der Waals surface area contributed by atoms with E-state index in [9.17, 15) is 19.8 Å². The Bertz CT molecular complexity index is 1230. The number of nitrogens with zero attached hydrogens (tertiary/aromatic N) is 1. The molecule has 8 heteroatoms. The number of benzene rings is 2. The number of carboxylic acid groups (broad SMARTS) is 2. The lowest BCUT2D eigenvalue weighted by atomic mass is 10.0. The topological polar surface area (TPSA) is 115 Å². The summed E-state index contributed by atoms with van der Waals surface area (Å²) < 4.78 is 0. The van der Waals surface area contributed by atoms with Crippen molar-refractivity contribution >= 4 is 56.9 Å². The van der Waals surface area contributed by atoms with Crippen molar-refractivity contribution in [2.45, 2.75) is 0 Å². The van der Waals surface area contributed by atoms with Gasteiger partial charge < -0.3 is 20.5 Å². The first-order valence-electron chi connectivity index (χ1n) is 7.88. The van der Waals surface area contributed by atoms with Crippen LogP contribution in [0, 0.1) is 0 Å². The molecule has 134 valence electrons. The Morgan fingerprint density at radius 2 is 1.89 bits per heavy atom. The number of nitrogens with one attached hydrogen (secondary N) is 2. The largest absolute Gasteiger partial charge is 0.478 e. The van der Waals surface area contributed by atoms with E-state index in [-0.39, 0.29) is 11.1 Å². The van der Waals surface area contributed by atoms with Crippen molar-refractivity contribution < 1.29 is 19.8 Å². The molecule has 2 aromatic carbocycles. The number of carbonyl (C=O) groups is 2. The molecule has 0 saturated carbocycles. The highest BCUT2D eigenvalue weighted by atomic mass is 35.5. The molecule has 0 bridgehead atoms. The van der Waals surface area contributed by atoms with Crippen LogP contribution in [-0.2, 0) is 0 Å². The molecule has 2 aromatic heterocycles. The Morgan fingerprint density at radius 3 is 2.59 bits per heavy atom. The van der Waals surface area contributed by atoms with Gasteiger partial charge in [0.1, 0.15) is 0 Å². The van der Waals surface area contributed by atoms with E-state index in [2.05, 4.69) is 15.3 Å².